The molecule has 0 radical (unpaired) electrons. The molecule has 9 heteroatoms. The number of fused-ring (bicyclic) bond motifs is 1. The maximum absolute atomic E-state index is 11.8. The van der Waals surface area contributed by atoms with Gasteiger partial charge < -0.3 is 20.9 Å². The fourth-order valence-corrected chi connectivity index (χ4v) is 3.95. The van der Waals surface area contributed by atoms with E-state index in [1.807, 2.05) is 31.2 Å². The Balaban J connectivity index is 1.70. The number of aromatic nitrogens is 3. The van der Waals surface area contributed by atoms with Gasteiger partial charge in [-0.15, -0.1) is 0 Å². The van der Waals surface area contributed by atoms with E-state index in [4.69, 9.17) is 5.73 Å². The molecule has 0 unspecified atom stereocenters. The summed E-state index contributed by atoms with van der Waals surface area (Å²) >= 11 is -0.976. The smallest absolute Gasteiger partial charge is 0.177 e. The lowest BCUT2D eigenvalue weighted by molar-refractivity contribution is 0.599. The first-order valence-electron chi connectivity index (χ1n) is 9.45. The molecule has 2 atom stereocenters. The normalized spacial score (nSPS) is 15.7. The summed E-state index contributed by atoms with van der Waals surface area (Å²) in [6.07, 6.45) is 5.44. The molecule has 1 aliphatic rings. The molecule has 0 saturated heterocycles. The minimum Gasteiger partial charge on any atom is -0.616 e. The van der Waals surface area contributed by atoms with Crippen molar-refractivity contribution in [2.45, 2.75) is 37.6 Å². The van der Waals surface area contributed by atoms with Crippen LogP contribution in [0.1, 0.15) is 42.5 Å². The van der Waals surface area contributed by atoms with Gasteiger partial charge in [-0.05, 0) is 37.5 Å². The van der Waals surface area contributed by atoms with E-state index in [0.29, 0.717) is 28.8 Å². The standard InChI is InChI=1S/C20H23N7OS/c1-12(22)17-6-5-16(7-13(17)11-29(2)28)24-18-8-19(25-15-3-4-15)27-20(26-18)14(9-21)10-23-27/h5-8,10,12,15,25H,3-4,11,22H2,1-2H3,(H,24,26)/t12-,29+/m1/s1. The molecule has 1 saturated carbocycles. The number of nitrogens with zero attached hydrogens (tertiary/aromatic N) is 4. The van der Waals surface area contributed by atoms with Crippen LogP contribution >= 0.6 is 0 Å². The highest BCUT2D eigenvalue weighted by Gasteiger charge is 2.23. The van der Waals surface area contributed by atoms with Crippen LogP contribution in [0.5, 0.6) is 0 Å². The predicted octanol–water partition coefficient (Wildman–Crippen LogP) is 2.82. The zero-order valence-corrected chi connectivity index (χ0v) is 17.2. The Bertz CT molecular complexity index is 1080. The third-order valence-corrected chi connectivity index (χ3v) is 5.50. The van der Waals surface area contributed by atoms with Crippen molar-refractivity contribution in [3.05, 3.63) is 47.2 Å². The zero-order valence-electron chi connectivity index (χ0n) is 16.3. The SMILES string of the molecule is C[C@@H](N)c1ccc(Nc2cc(NC3CC3)n3ncc(C#N)c3n2)cc1C[S@+](C)[O-]. The van der Waals surface area contributed by atoms with Gasteiger partial charge in [0.25, 0.3) is 0 Å². The largest absolute Gasteiger partial charge is 0.616 e. The second kappa shape index (κ2) is 7.91. The van der Waals surface area contributed by atoms with Gasteiger partial charge in [0.05, 0.1) is 12.5 Å². The maximum atomic E-state index is 11.8. The van der Waals surface area contributed by atoms with Gasteiger partial charge in [0.1, 0.15) is 29.0 Å². The third kappa shape index (κ3) is 4.29. The summed E-state index contributed by atoms with van der Waals surface area (Å²) in [6.45, 7) is 1.92. The van der Waals surface area contributed by atoms with E-state index in [0.717, 1.165) is 35.5 Å². The van der Waals surface area contributed by atoms with Crippen LogP contribution in [0.25, 0.3) is 5.65 Å². The number of nitrogens with two attached hydrogens (primary N) is 1. The third-order valence-electron chi connectivity index (χ3n) is 4.79. The Morgan fingerprint density at radius 1 is 1.41 bits per heavy atom. The van der Waals surface area contributed by atoms with E-state index in [-0.39, 0.29) is 6.04 Å². The van der Waals surface area contributed by atoms with Crippen molar-refractivity contribution in [1.29, 1.82) is 5.26 Å². The number of hydrogen-bond acceptors (Lipinski definition) is 7. The van der Waals surface area contributed by atoms with Crippen molar-refractivity contribution < 1.29 is 4.55 Å². The fourth-order valence-electron chi connectivity index (χ4n) is 3.26. The molecule has 1 fully saturated rings. The quantitative estimate of drug-likeness (QED) is 0.512. The number of benzene rings is 1. The van der Waals surface area contributed by atoms with Gasteiger partial charge in [-0.25, -0.2) is 4.98 Å². The lowest BCUT2D eigenvalue weighted by Gasteiger charge is -2.16. The highest BCUT2D eigenvalue weighted by molar-refractivity contribution is 7.89. The average Bonchev–Trinajstić information content (AvgIpc) is 3.37. The van der Waals surface area contributed by atoms with Gasteiger partial charge in [0, 0.05) is 29.4 Å². The van der Waals surface area contributed by atoms with Crippen molar-refractivity contribution in [3.8, 4) is 6.07 Å². The molecule has 4 rings (SSSR count). The molecule has 29 heavy (non-hydrogen) atoms. The van der Waals surface area contributed by atoms with Crippen molar-refractivity contribution in [1.82, 2.24) is 14.6 Å². The van der Waals surface area contributed by atoms with Crippen molar-refractivity contribution in [2.24, 2.45) is 5.73 Å². The Hall–Kier alpha value is -2.80. The van der Waals surface area contributed by atoms with Crippen LogP contribution in [0, 0.1) is 11.3 Å². The molecule has 3 aromatic rings. The molecule has 0 aliphatic heterocycles. The van der Waals surface area contributed by atoms with Gasteiger partial charge in [0.15, 0.2) is 5.65 Å². The Labute approximate surface area is 172 Å². The monoisotopic (exact) mass is 409 g/mol. The summed E-state index contributed by atoms with van der Waals surface area (Å²) in [7, 11) is 0. The van der Waals surface area contributed by atoms with Gasteiger partial charge in [0.2, 0.25) is 0 Å². The van der Waals surface area contributed by atoms with Gasteiger partial charge in [-0.3, -0.25) is 0 Å². The van der Waals surface area contributed by atoms with E-state index in [9.17, 15) is 9.81 Å². The van der Waals surface area contributed by atoms with Crippen molar-refractivity contribution in [3.63, 3.8) is 0 Å². The number of nitriles is 1. The predicted molar refractivity (Wildman–Crippen MR) is 114 cm³/mol. The van der Waals surface area contributed by atoms with Gasteiger partial charge >= 0.3 is 0 Å². The molecule has 150 valence electrons. The highest BCUT2D eigenvalue weighted by atomic mass is 32.2. The molecule has 0 spiro atoms. The number of anilines is 3. The highest BCUT2D eigenvalue weighted by Crippen LogP contribution is 2.29. The maximum Gasteiger partial charge on any atom is 0.177 e. The first-order valence-corrected chi connectivity index (χ1v) is 11.2. The molecule has 2 aromatic heterocycles. The number of hydrogen-bond donors (Lipinski definition) is 3. The first kappa shape index (κ1) is 19.5. The second-order valence-corrected chi connectivity index (χ2v) is 8.83. The van der Waals surface area contributed by atoms with Crippen LogP contribution < -0.4 is 16.4 Å². The molecule has 1 aromatic carbocycles. The van der Waals surface area contributed by atoms with Crippen LogP contribution in [0.3, 0.4) is 0 Å². The summed E-state index contributed by atoms with van der Waals surface area (Å²) in [6, 6.07) is 10.2. The molecule has 4 N–H and O–H groups in total. The first-order chi connectivity index (χ1) is 13.9. The van der Waals surface area contributed by atoms with Crippen LogP contribution in [-0.4, -0.2) is 31.4 Å². The van der Waals surface area contributed by atoms with Crippen LogP contribution in [0.4, 0.5) is 17.3 Å². The van der Waals surface area contributed by atoms with Crippen LogP contribution in [0.15, 0.2) is 30.5 Å². The summed E-state index contributed by atoms with van der Waals surface area (Å²) < 4.78 is 13.4. The second-order valence-electron chi connectivity index (χ2n) is 7.40. The minimum absolute atomic E-state index is 0.142. The van der Waals surface area contributed by atoms with Crippen LogP contribution in [-0.2, 0) is 16.9 Å². The topological polar surface area (TPSA) is 127 Å². The molecule has 2 heterocycles. The fraction of sp³-hybridized carbons (Fsp3) is 0.350. The van der Waals surface area contributed by atoms with Gasteiger partial charge in [-0.1, -0.05) is 17.2 Å². The molecule has 0 amide bonds. The molecule has 8 nitrogen and oxygen atoms in total. The Morgan fingerprint density at radius 2 is 2.21 bits per heavy atom. The molecule has 1 aliphatic carbocycles. The lowest BCUT2D eigenvalue weighted by atomic mass is 10.0. The minimum atomic E-state index is -0.976. The molecule has 0 bridgehead atoms. The number of nitrogens with one attached hydrogen (secondary N) is 2. The molecular weight excluding hydrogens is 386 g/mol. The Kier molecular flexibility index (Phi) is 5.32. The van der Waals surface area contributed by atoms with E-state index < -0.39 is 11.2 Å². The van der Waals surface area contributed by atoms with Crippen LogP contribution in [0.2, 0.25) is 0 Å². The molecular formula is C20H23N7OS. The zero-order chi connectivity index (χ0) is 20.5. The summed E-state index contributed by atoms with van der Waals surface area (Å²) in [4.78, 5) is 4.58. The van der Waals surface area contributed by atoms with E-state index in [2.05, 4.69) is 26.8 Å². The van der Waals surface area contributed by atoms with E-state index in [1.54, 1.807) is 10.8 Å². The lowest BCUT2D eigenvalue weighted by Crippen LogP contribution is -2.12. The average molecular weight is 410 g/mol. The van der Waals surface area contributed by atoms with E-state index in [1.165, 1.54) is 6.20 Å². The van der Waals surface area contributed by atoms with Crippen molar-refractivity contribution in [2.75, 3.05) is 16.9 Å². The van der Waals surface area contributed by atoms with Crippen molar-refractivity contribution >= 4 is 34.1 Å². The van der Waals surface area contributed by atoms with E-state index >= 15 is 0 Å². The summed E-state index contributed by atoms with van der Waals surface area (Å²) in [5, 5.41) is 20.4. The summed E-state index contributed by atoms with van der Waals surface area (Å²) in [5.41, 5.74) is 9.74. The Morgan fingerprint density at radius 3 is 2.86 bits per heavy atom. The summed E-state index contributed by atoms with van der Waals surface area (Å²) in [5.74, 6) is 1.84. The number of rotatable bonds is 7. The van der Waals surface area contributed by atoms with Gasteiger partial charge in [-0.2, -0.15) is 14.9 Å².